The summed E-state index contributed by atoms with van der Waals surface area (Å²) in [6, 6.07) is 8.82. The average Bonchev–Trinajstić information content (AvgIpc) is 2.92. The average molecular weight is 290 g/mol. The Labute approximate surface area is 122 Å². The molecule has 0 atom stereocenters. The Balaban J connectivity index is 2.15. The van der Waals surface area contributed by atoms with Gasteiger partial charge in [0.2, 0.25) is 0 Å². The molecule has 106 valence electrons. The standard InChI is InChI=1S/C15H18N2O2S/c1-15(2,13-4-3-7-20-13)9-17-12-8-10(14(18)19)5-6-11(12)16/h3-8,17H,9,16H2,1-2H3,(H,18,19). The van der Waals surface area contributed by atoms with Gasteiger partial charge in [0, 0.05) is 16.8 Å². The monoisotopic (exact) mass is 290 g/mol. The number of nitrogen functional groups attached to an aromatic ring is 1. The molecule has 4 N–H and O–H groups in total. The van der Waals surface area contributed by atoms with Crippen LogP contribution < -0.4 is 11.1 Å². The van der Waals surface area contributed by atoms with Gasteiger partial charge in [-0.2, -0.15) is 0 Å². The lowest BCUT2D eigenvalue weighted by molar-refractivity contribution is 0.0697. The Bertz CT molecular complexity index is 606. The number of hydrogen-bond acceptors (Lipinski definition) is 4. The van der Waals surface area contributed by atoms with E-state index in [0.717, 1.165) is 0 Å². The van der Waals surface area contributed by atoms with Crippen molar-refractivity contribution in [3.63, 3.8) is 0 Å². The molecule has 0 saturated carbocycles. The predicted octanol–water partition coefficient (Wildman–Crippen LogP) is 3.42. The van der Waals surface area contributed by atoms with E-state index < -0.39 is 5.97 Å². The van der Waals surface area contributed by atoms with Gasteiger partial charge in [0.15, 0.2) is 0 Å². The molecule has 0 saturated heterocycles. The maximum Gasteiger partial charge on any atom is 0.335 e. The molecule has 2 aromatic rings. The fourth-order valence-corrected chi connectivity index (χ4v) is 2.76. The van der Waals surface area contributed by atoms with E-state index in [9.17, 15) is 4.79 Å². The van der Waals surface area contributed by atoms with Gasteiger partial charge in [-0.25, -0.2) is 4.79 Å². The third-order valence-electron chi connectivity index (χ3n) is 3.21. The molecule has 1 aromatic carbocycles. The molecule has 0 aliphatic heterocycles. The SMILES string of the molecule is CC(C)(CNc1cc(C(=O)O)ccc1N)c1cccs1. The quantitative estimate of drug-likeness (QED) is 0.738. The van der Waals surface area contributed by atoms with Gasteiger partial charge in [-0.05, 0) is 29.6 Å². The summed E-state index contributed by atoms with van der Waals surface area (Å²) >= 11 is 1.71. The van der Waals surface area contributed by atoms with Crippen LogP contribution in [-0.4, -0.2) is 17.6 Å². The van der Waals surface area contributed by atoms with E-state index in [1.54, 1.807) is 23.5 Å². The summed E-state index contributed by atoms with van der Waals surface area (Å²) in [5.74, 6) is -0.953. The van der Waals surface area contributed by atoms with Gasteiger partial charge < -0.3 is 16.2 Å². The minimum Gasteiger partial charge on any atom is -0.478 e. The summed E-state index contributed by atoms with van der Waals surface area (Å²) in [5, 5.41) is 14.3. The summed E-state index contributed by atoms with van der Waals surface area (Å²) in [7, 11) is 0. The van der Waals surface area contributed by atoms with Gasteiger partial charge >= 0.3 is 5.97 Å². The van der Waals surface area contributed by atoms with Crippen LogP contribution in [0.1, 0.15) is 29.1 Å². The number of carboxylic acids is 1. The molecule has 0 unspecified atom stereocenters. The molecular weight excluding hydrogens is 272 g/mol. The van der Waals surface area contributed by atoms with Gasteiger partial charge in [-0.15, -0.1) is 11.3 Å². The molecule has 0 aliphatic rings. The highest BCUT2D eigenvalue weighted by Crippen LogP contribution is 2.29. The second-order valence-electron chi connectivity index (χ2n) is 5.32. The third-order valence-corrected chi connectivity index (χ3v) is 4.45. The van der Waals surface area contributed by atoms with Gasteiger partial charge in [-0.1, -0.05) is 19.9 Å². The Kier molecular flexibility index (Phi) is 3.99. The van der Waals surface area contributed by atoms with Crippen LogP contribution in [0.4, 0.5) is 11.4 Å². The highest BCUT2D eigenvalue weighted by Gasteiger charge is 2.21. The summed E-state index contributed by atoms with van der Waals surface area (Å²) < 4.78 is 0. The minimum absolute atomic E-state index is 0.0418. The number of nitrogens with two attached hydrogens (primary N) is 1. The second-order valence-corrected chi connectivity index (χ2v) is 6.27. The van der Waals surface area contributed by atoms with Crippen molar-refractivity contribution >= 4 is 28.7 Å². The van der Waals surface area contributed by atoms with Gasteiger partial charge in [-0.3, -0.25) is 0 Å². The van der Waals surface area contributed by atoms with Gasteiger partial charge in [0.05, 0.1) is 16.9 Å². The Hall–Kier alpha value is -2.01. The largest absolute Gasteiger partial charge is 0.478 e. The molecule has 0 amide bonds. The summed E-state index contributed by atoms with van der Waals surface area (Å²) in [4.78, 5) is 12.3. The number of benzene rings is 1. The van der Waals surface area contributed by atoms with E-state index in [1.165, 1.54) is 10.9 Å². The zero-order chi connectivity index (χ0) is 14.8. The summed E-state index contributed by atoms with van der Waals surface area (Å²) in [6.45, 7) is 4.97. The smallest absolute Gasteiger partial charge is 0.335 e. The fraction of sp³-hybridized carbons (Fsp3) is 0.267. The number of thiophene rings is 1. The second kappa shape index (κ2) is 5.54. The van der Waals surface area contributed by atoms with Crippen LogP contribution in [-0.2, 0) is 5.41 Å². The van der Waals surface area contributed by atoms with Gasteiger partial charge in [0.25, 0.3) is 0 Å². The van der Waals surface area contributed by atoms with Crippen molar-refractivity contribution in [3.8, 4) is 0 Å². The van der Waals surface area contributed by atoms with Crippen molar-refractivity contribution in [2.24, 2.45) is 0 Å². The van der Waals surface area contributed by atoms with E-state index in [-0.39, 0.29) is 11.0 Å². The molecule has 0 bridgehead atoms. The molecule has 0 radical (unpaired) electrons. The normalized spacial score (nSPS) is 11.3. The molecule has 5 heteroatoms. The number of aromatic carboxylic acids is 1. The molecule has 0 spiro atoms. The van der Waals surface area contributed by atoms with Crippen molar-refractivity contribution < 1.29 is 9.90 Å². The lowest BCUT2D eigenvalue weighted by Gasteiger charge is -2.25. The van der Waals surface area contributed by atoms with Crippen LogP contribution in [0.15, 0.2) is 35.7 Å². The van der Waals surface area contributed by atoms with Crippen molar-refractivity contribution in [1.29, 1.82) is 0 Å². The van der Waals surface area contributed by atoms with Crippen LogP contribution in [0.2, 0.25) is 0 Å². The lowest BCUT2D eigenvalue weighted by Crippen LogP contribution is -2.26. The molecular formula is C15H18N2O2S. The highest BCUT2D eigenvalue weighted by molar-refractivity contribution is 7.10. The lowest BCUT2D eigenvalue weighted by atomic mass is 9.91. The van der Waals surface area contributed by atoms with E-state index in [0.29, 0.717) is 17.9 Å². The first-order valence-corrected chi connectivity index (χ1v) is 7.19. The van der Waals surface area contributed by atoms with E-state index >= 15 is 0 Å². The topological polar surface area (TPSA) is 75.3 Å². The van der Waals surface area contributed by atoms with Crippen molar-refractivity contribution in [2.75, 3.05) is 17.6 Å². The van der Waals surface area contributed by atoms with Crippen molar-refractivity contribution in [3.05, 3.63) is 46.2 Å². The molecule has 1 heterocycles. The van der Waals surface area contributed by atoms with Crippen LogP contribution >= 0.6 is 11.3 Å². The van der Waals surface area contributed by atoms with Crippen molar-refractivity contribution in [1.82, 2.24) is 0 Å². The molecule has 4 nitrogen and oxygen atoms in total. The fourth-order valence-electron chi connectivity index (χ4n) is 1.91. The van der Waals surface area contributed by atoms with Crippen LogP contribution in [0.25, 0.3) is 0 Å². The third kappa shape index (κ3) is 3.11. The number of carbonyl (C=O) groups is 1. The first-order chi connectivity index (χ1) is 9.40. The van der Waals surface area contributed by atoms with Gasteiger partial charge in [0.1, 0.15) is 0 Å². The Morgan fingerprint density at radius 2 is 2.15 bits per heavy atom. The molecule has 0 fully saturated rings. The maximum absolute atomic E-state index is 11.0. The number of rotatable bonds is 5. The first kappa shape index (κ1) is 14.4. The Morgan fingerprint density at radius 3 is 2.75 bits per heavy atom. The number of nitrogens with one attached hydrogen (secondary N) is 1. The van der Waals surface area contributed by atoms with E-state index in [1.807, 2.05) is 6.07 Å². The van der Waals surface area contributed by atoms with Crippen LogP contribution in [0, 0.1) is 0 Å². The highest BCUT2D eigenvalue weighted by atomic mass is 32.1. The zero-order valence-corrected chi connectivity index (χ0v) is 12.3. The molecule has 1 aromatic heterocycles. The minimum atomic E-state index is -0.953. The maximum atomic E-state index is 11.0. The predicted molar refractivity (Wildman–Crippen MR) is 83.6 cm³/mol. The number of carboxylic acid groups (broad SMARTS) is 1. The number of anilines is 2. The zero-order valence-electron chi connectivity index (χ0n) is 11.5. The molecule has 0 aliphatic carbocycles. The molecule has 2 rings (SSSR count). The summed E-state index contributed by atoms with van der Waals surface area (Å²) in [5.41, 5.74) is 7.29. The molecule has 20 heavy (non-hydrogen) atoms. The van der Waals surface area contributed by atoms with Crippen LogP contribution in [0.3, 0.4) is 0 Å². The van der Waals surface area contributed by atoms with E-state index in [4.69, 9.17) is 10.8 Å². The van der Waals surface area contributed by atoms with Crippen LogP contribution in [0.5, 0.6) is 0 Å². The van der Waals surface area contributed by atoms with E-state index in [2.05, 4.69) is 30.6 Å². The summed E-state index contributed by atoms with van der Waals surface area (Å²) in [6.07, 6.45) is 0. The number of hydrogen-bond donors (Lipinski definition) is 3. The first-order valence-electron chi connectivity index (χ1n) is 6.31. The van der Waals surface area contributed by atoms with Crippen molar-refractivity contribution in [2.45, 2.75) is 19.3 Å². The Morgan fingerprint density at radius 1 is 1.40 bits per heavy atom.